The molecule has 3 nitrogen and oxygen atoms in total. The van der Waals surface area contributed by atoms with Gasteiger partial charge in [0.05, 0.1) is 11.6 Å². The van der Waals surface area contributed by atoms with E-state index in [1.54, 1.807) is 18.2 Å². The number of nitrogens with one attached hydrogen (secondary N) is 1. The zero-order chi connectivity index (χ0) is 13.0. The molecule has 0 aliphatic rings. The summed E-state index contributed by atoms with van der Waals surface area (Å²) in [5.74, 6) is -0.574. The molecule has 0 radical (unpaired) electrons. The maximum atomic E-state index is 13.0. The summed E-state index contributed by atoms with van der Waals surface area (Å²) in [6, 6.07) is 12.9. The lowest BCUT2D eigenvalue weighted by atomic mass is 10.2. The van der Waals surface area contributed by atoms with Gasteiger partial charge in [-0.1, -0.05) is 6.07 Å². The molecular formula is C14H11FN2O. The van der Waals surface area contributed by atoms with E-state index in [-0.39, 0.29) is 5.75 Å². The Morgan fingerprint density at radius 1 is 1.22 bits per heavy atom. The van der Waals surface area contributed by atoms with E-state index < -0.39 is 5.82 Å². The number of halogens is 1. The predicted octanol–water partition coefficient (Wildman–Crippen LogP) is 3.02. The fourth-order valence-corrected chi connectivity index (χ4v) is 1.64. The Balaban J connectivity index is 2.09. The van der Waals surface area contributed by atoms with Crippen molar-refractivity contribution in [3.63, 3.8) is 0 Å². The van der Waals surface area contributed by atoms with Crippen molar-refractivity contribution in [2.24, 2.45) is 0 Å². The van der Waals surface area contributed by atoms with Crippen molar-refractivity contribution < 1.29 is 9.50 Å². The van der Waals surface area contributed by atoms with E-state index in [1.165, 1.54) is 12.1 Å². The van der Waals surface area contributed by atoms with Crippen LogP contribution in [-0.4, -0.2) is 5.11 Å². The summed E-state index contributed by atoms with van der Waals surface area (Å²) in [4.78, 5) is 0. The molecule has 2 rings (SSSR count). The van der Waals surface area contributed by atoms with Crippen LogP contribution in [0.2, 0.25) is 0 Å². The van der Waals surface area contributed by atoms with Crippen LogP contribution in [0, 0.1) is 17.1 Å². The Morgan fingerprint density at radius 2 is 2.06 bits per heavy atom. The number of nitrogens with zero attached hydrogens (tertiary/aromatic N) is 1. The van der Waals surface area contributed by atoms with Gasteiger partial charge in [0.25, 0.3) is 0 Å². The van der Waals surface area contributed by atoms with E-state index in [4.69, 9.17) is 5.26 Å². The quantitative estimate of drug-likeness (QED) is 0.869. The van der Waals surface area contributed by atoms with Gasteiger partial charge in [0.1, 0.15) is 11.6 Å². The molecule has 0 aliphatic heterocycles. The first-order valence-corrected chi connectivity index (χ1v) is 5.40. The molecule has 0 spiro atoms. The predicted molar refractivity (Wildman–Crippen MR) is 66.5 cm³/mol. The number of hydrogen-bond acceptors (Lipinski definition) is 3. The minimum atomic E-state index is -0.474. The Labute approximate surface area is 104 Å². The number of rotatable bonds is 3. The van der Waals surface area contributed by atoms with E-state index in [0.717, 1.165) is 11.8 Å². The average molecular weight is 242 g/mol. The van der Waals surface area contributed by atoms with Crippen molar-refractivity contribution in [1.29, 1.82) is 5.26 Å². The number of aromatic hydroxyl groups is 1. The lowest BCUT2D eigenvalue weighted by Gasteiger charge is -2.07. The second-order valence-electron chi connectivity index (χ2n) is 3.86. The summed E-state index contributed by atoms with van der Waals surface area (Å²) in [7, 11) is 0. The molecule has 4 heteroatoms. The fourth-order valence-electron chi connectivity index (χ4n) is 1.64. The Hall–Kier alpha value is -2.54. The van der Waals surface area contributed by atoms with Gasteiger partial charge >= 0.3 is 0 Å². The first-order valence-electron chi connectivity index (χ1n) is 5.40. The van der Waals surface area contributed by atoms with Crippen molar-refractivity contribution in [2.45, 2.75) is 6.54 Å². The maximum absolute atomic E-state index is 13.0. The van der Waals surface area contributed by atoms with E-state index >= 15 is 0 Å². The number of phenolic OH excluding ortho intramolecular Hbond substituents is 1. The molecule has 0 aliphatic carbocycles. The van der Waals surface area contributed by atoms with Crippen molar-refractivity contribution in [3.05, 3.63) is 59.4 Å². The van der Waals surface area contributed by atoms with Gasteiger partial charge in [-0.05, 0) is 35.9 Å². The van der Waals surface area contributed by atoms with Gasteiger partial charge < -0.3 is 10.4 Å². The van der Waals surface area contributed by atoms with E-state index in [0.29, 0.717) is 17.7 Å². The van der Waals surface area contributed by atoms with Gasteiger partial charge in [0.2, 0.25) is 0 Å². The van der Waals surface area contributed by atoms with Gasteiger partial charge in [-0.2, -0.15) is 5.26 Å². The minimum Gasteiger partial charge on any atom is -0.508 e. The lowest BCUT2D eigenvalue weighted by Crippen LogP contribution is -1.99. The molecule has 0 atom stereocenters. The molecule has 2 N–H and O–H groups in total. The van der Waals surface area contributed by atoms with E-state index in [2.05, 4.69) is 5.32 Å². The van der Waals surface area contributed by atoms with Crippen LogP contribution in [0.3, 0.4) is 0 Å². The highest BCUT2D eigenvalue weighted by atomic mass is 19.1. The van der Waals surface area contributed by atoms with Crippen LogP contribution in [-0.2, 0) is 6.54 Å². The van der Waals surface area contributed by atoms with Crippen LogP contribution in [0.25, 0.3) is 0 Å². The van der Waals surface area contributed by atoms with E-state index in [1.807, 2.05) is 12.1 Å². The third-order valence-electron chi connectivity index (χ3n) is 2.43. The van der Waals surface area contributed by atoms with Crippen molar-refractivity contribution in [1.82, 2.24) is 0 Å². The lowest BCUT2D eigenvalue weighted by molar-refractivity contribution is 0.468. The molecule has 0 unspecified atom stereocenters. The number of anilines is 1. The largest absolute Gasteiger partial charge is 0.508 e. The summed E-state index contributed by atoms with van der Waals surface area (Å²) in [6.07, 6.45) is 0. The second kappa shape index (κ2) is 5.19. The van der Waals surface area contributed by atoms with Crippen LogP contribution in [0.15, 0.2) is 42.5 Å². The second-order valence-corrected chi connectivity index (χ2v) is 3.86. The van der Waals surface area contributed by atoms with Crippen LogP contribution in [0.1, 0.15) is 11.1 Å². The zero-order valence-electron chi connectivity index (χ0n) is 9.52. The third-order valence-corrected chi connectivity index (χ3v) is 2.43. The summed E-state index contributed by atoms with van der Waals surface area (Å²) >= 11 is 0. The number of phenols is 1. The highest BCUT2D eigenvalue weighted by Gasteiger charge is 2.00. The van der Waals surface area contributed by atoms with Crippen LogP contribution in [0.4, 0.5) is 10.1 Å². The van der Waals surface area contributed by atoms with Crippen LogP contribution < -0.4 is 5.32 Å². The summed E-state index contributed by atoms with van der Waals surface area (Å²) < 4.78 is 13.0. The molecule has 2 aromatic rings. The number of nitriles is 1. The molecule has 18 heavy (non-hydrogen) atoms. The molecule has 0 saturated heterocycles. The van der Waals surface area contributed by atoms with Crippen molar-refractivity contribution in [2.75, 3.05) is 5.32 Å². The maximum Gasteiger partial charge on any atom is 0.127 e. The molecule has 0 heterocycles. The molecular weight excluding hydrogens is 231 g/mol. The Kier molecular flexibility index (Phi) is 3.44. The van der Waals surface area contributed by atoms with Crippen LogP contribution in [0.5, 0.6) is 5.75 Å². The topological polar surface area (TPSA) is 56.0 Å². The fraction of sp³-hybridized carbons (Fsp3) is 0.0714. The first-order chi connectivity index (χ1) is 8.67. The zero-order valence-corrected chi connectivity index (χ0v) is 9.52. The van der Waals surface area contributed by atoms with Gasteiger partial charge in [-0.25, -0.2) is 4.39 Å². The smallest absolute Gasteiger partial charge is 0.127 e. The summed E-state index contributed by atoms with van der Waals surface area (Å²) in [6.45, 7) is 0.375. The molecule has 0 bridgehead atoms. The van der Waals surface area contributed by atoms with Crippen LogP contribution >= 0.6 is 0 Å². The molecule has 0 saturated carbocycles. The standard InChI is InChI=1S/C14H11FN2O/c15-12-4-11(6-14(18)7-12)9-17-13-3-1-2-10(5-13)8-16/h1-7,17-18H,9H2. The van der Waals surface area contributed by atoms with Gasteiger partial charge in [-0.15, -0.1) is 0 Å². The Morgan fingerprint density at radius 3 is 2.78 bits per heavy atom. The van der Waals surface area contributed by atoms with E-state index in [9.17, 15) is 9.50 Å². The van der Waals surface area contributed by atoms with Crippen molar-refractivity contribution in [3.8, 4) is 11.8 Å². The summed E-state index contributed by atoms with van der Waals surface area (Å²) in [5.41, 5.74) is 1.97. The van der Waals surface area contributed by atoms with Crippen molar-refractivity contribution >= 4 is 5.69 Å². The highest BCUT2D eigenvalue weighted by molar-refractivity contribution is 5.49. The number of hydrogen-bond donors (Lipinski definition) is 2. The van der Waals surface area contributed by atoms with Gasteiger partial charge in [0.15, 0.2) is 0 Å². The molecule has 90 valence electrons. The summed E-state index contributed by atoms with van der Waals surface area (Å²) in [5, 5.41) is 21.1. The normalized spacial score (nSPS) is 9.78. The highest BCUT2D eigenvalue weighted by Crippen LogP contribution is 2.16. The molecule has 0 fully saturated rings. The monoisotopic (exact) mass is 242 g/mol. The molecule has 2 aromatic carbocycles. The van der Waals surface area contributed by atoms with Gasteiger partial charge in [0, 0.05) is 18.3 Å². The molecule has 0 amide bonds. The SMILES string of the molecule is N#Cc1cccc(NCc2cc(O)cc(F)c2)c1. The first kappa shape index (κ1) is 11.9. The minimum absolute atomic E-state index is 0.0995. The molecule has 0 aromatic heterocycles. The average Bonchev–Trinajstić information content (AvgIpc) is 2.35. The number of benzene rings is 2. The Bertz CT molecular complexity index is 585. The third kappa shape index (κ3) is 2.98. The van der Waals surface area contributed by atoms with Gasteiger partial charge in [-0.3, -0.25) is 0 Å².